The number of nitro benzene ring substituents is 1. The molecule has 0 saturated heterocycles. The quantitative estimate of drug-likeness (QED) is 0.356. The molecule has 3 aliphatic carbocycles. The minimum atomic E-state index is -0.470. The number of ether oxygens (including phenoxy) is 2. The van der Waals surface area contributed by atoms with E-state index in [4.69, 9.17) is 9.47 Å². The molecule has 2 aromatic rings. The SMILES string of the molecule is COc1ccc2c(c1)CCC1C2=CC[C@@]2(C)C(OC(=O)c3ccc([N+](=O)[O-])cc3)CCC12. The smallest absolute Gasteiger partial charge is 0.338 e. The molecule has 166 valence electrons. The number of allylic oxidation sites excluding steroid dienone is 2. The molecular formula is C26H27NO5. The van der Waals surface area contributed by atoms with Crippen molar-refractivity contribution in [2.75, 3.05) is 7.11 Å². The first kappa shape index (κ1) is 20.7. The minimum absolute atomic E-state index is 0.0328. The molecule has 0 N–H and O–H groups in total. The van der Waals surface area contributed by atoms with Crippen LogP contribution in [0.25, 0.3) is 5.57 Å². The Kier molecular flexibility index (Phi) is 5.03. The molecule has 6 nitrogen and oxygen atoms in total. The van der Waals surface area contributed by atoms with Gasteiger partial charge in [0.05, 0.1) is 17.6 Å². The molecule has 2 aromatic carbocycles. The molecule has 6 heteroatoms. The highest BCUT2D eigenvalue weighted by Crippen LogP contribution is 2.59. The molecule has 1 fully saturated rings. The van der Waals surface area contributed by atoms with E-state index in [9.17, 15) is 14.9 Å². The van der Waals surface area contributed by atoms with Gasteiger partial charge < -0.3 is 9.47 Å². The van der Waals surface area contributed by atoms with E-state index in [0.717, 1.165) is 37.9 Å². The molecule has 4 atom stereocenters. The number of methoxy groups -OCH3 is 1. The third kappa shape index (κ3) is 3.29. The predicted octanol–water partition coefficient (Wildman–Crippen LogP) is 5.59. The molecule has 3 unspecified atom stereocenters. The van der Waals surface area contributed by atoms with Gasteiger partial charge in [-0.1, -0.05) is 19.1 Å². The summed E-state index contributed by atoms with van der Waals surface area (Å²) in [5.74, 6) is 1.47. The van der Waals surface area contributed by atoms with Crippen LogP contribution in [0.2, 0.25) is 0 Å². The summed E-state index contributed by atoms with van der Waals surface area (Å²) in [6.07, 6.45) is 7.14. The van der Waals surface area contributed by atoms with Gasteiger partial charge in [0.25, 0.3) is 5.69 Å². The summed E-state index contributed by atoms with van der Waals surface area (Å²) in [7, 11) is 1.70. The Bertz CT molecular complexity index is 1110. The first-order valence-electron chi connectivity index (χ1n) is 11.2. The average molecular weight is 434 g/mol. The number of rotatable bonds is 4. The number of esters is 1. The molecular weight excluding hydrogens is 406 g/mol. The zero-order valence-corrected chi connectivity index (χ0v) is 18.4. The van der Waals surface area contributed by atoms with Crippen LogP contribution in [-0.2, 0) is 11.2 Å². The molecule has 0 aromatic heterocycles. The normalized spacial score (nSPS) is 28.1. The highest BCUT2D eigenvalue weighted by atomic mass is 16.6. The maximum Gasteiger partial charge on any atom is 0.338 e. The number of nitrogens with zero attached hydrogens (tertiary/aromatic N) is 1. The molecule has 0 bridgehead atoms. The lowest BCUT2D eigenvalue weighted by molar-refractivity contribution is -0.384. The van der Waals surface area contributed by atoms with Gasteiger partial charge in [-0.15, -0.1) is 0 Å². The Labute approximate surface area is 187 Å². The van der Waals surface area contributed by atoms with Gasteiger partial charge in [-0.3, -0.25) is 10.1 Å². The third-order valence-electron chi connectivity index (χ3n) is 7.88. The maximum absolute atomic E-state index is 12.8. The number of non-ortho nitro benzene ring substituents is 1. The average Bonchev–Trinajstić information content (AvgIpc) is 3.14. The van der Waals surface area contributed by atoms with Crippen molar-refractivity contribution < 1.29 is 19.2 Å². The zero-order valence-electron chi connectivity index (χ0n) is 18.4. The standard InChI is InChI=1S/C26H27NO5/c1-26-14-13-21-20-10-8-19(31-2)15-17(20)5-9-22(21)23(26)11-12-24(26)32-25(28)16-3-6-18(7-4-16)27(29)30/h3-4,6-8,10,13,15,22-24H,5,9,11-12,14H2,1-2H3/t22?,23?,24?,26-/m1/s1. The predicted molar refractivity (Wildman–Crippen MR) is 121 cm³/mol. The van der Waals surface area contributed by atoms with Gasteiger partial charge in [-0.25, -0.2) is 4.79 Å². The van der Waals surface area contributed by atoms with E-state index < -0.39 is 10.9 Å². The van der Waals surface area contributed by atoms with E-state index in [0.29, 0.717) is 17.4 Å². The highest BCUT2D eigenvalue weighted by Gasteiger charge is 2.54. The third-order valence-corrected chi connectivity index (χ3v) is 7.88. The van der Waals surface area contributed by atoms with Crippen molar-refractivity contribution in [3.8, 4) is 5.75 Å². The molecule has 1 saturated carbocycles. The van der Waals surface area contributed by atoms with Crippen molar-refractivity contribution in [3.63, 3.8) is 0 Å². The van der Waals surface area contributed by atoms with Crippen LogP contribution in [0.3, 0.4) is 0 Å². The second-order valence-corrected chi connectivity index (χ2v) is 9.42. The van der Waals surface area contributed by atoms with E-state index in [1.54, 1.807) is 7.11 Å². The van der Waals surface area contributed by atoms with Crippen LogP contribution in [0.5, 0.6) is 5.75 Å². The first-order valence-corrected chi connectivity index (χ1v) is 11.2. The fourth-order valence-corrected chi connectivity index (χ4v) is 6.14. The van der Waals surface area contributed by atoms with Gasteiger partial charge in [0.1, 0.15) is 11.9 Å². The second-order valence-electron chi connectivity index (χ2n) is 9.42. The number of aryl methyl sites for hydroxylation is 1. The zero-order chi connectivity index (χ0) is 22.5. The topological polar surface area (TPSA) is 78.7 Å². The highest BCUT2D eigenvalue weighted by molar-refractivity contribution is 5.89. The summed E-state index contributed by atoms with van der Waals surface area (Å²) in [5, 5.41) is 10.9. The second kappa shape index (κ2) is 7.76. The van der Waals surface area contributed by atoms with Crippen molar-refractivity contribution in [3.05, 3.63) is 75.3 Å². The van der Waals surface area contributed by atoms with E-state index in [2.05, 4.69) is 25.1 Å². The number of fused-ring (bicyclic) bond motifs is 5. The van der Waals surface area contributed by atoms with Gasteiger partial charge in [0.15, 0.2) is 0 Å². The van der Waals surface area contributed by atoms with Gasteiger partial charge in [0, 0.05) is 17.5 Å². The molecule has 0 aliphatic heterocycles. The summed E-state index contributed by atoms with van der Waals surface area (Å²) in [5.41, 5.74) is 4.38. The van der Waals surface area contributed by atoms with Crippen LogP contribution in [0.15, 0.2) is 48.5 Å². The van der Waals surface area contributed by atoms with Gasteiger partial charge >= 0.3 is 5.97 Å². The summed E-state index contributed by atoms with van der Waals surface area (Å²) in [4.78, 5) is 23.2. The van der Waals surface area contributed by atoms with Crippen LogP contribution in [0, 0.1) is 27.4 Å². The molecule has 3 aliphatic rings. The van der Waals surface area contributed by atoms with Gasteiger partial charge in [-0.2, -0.15) is 0 Å². The Hall–Kier alpha value is -3.15. The van der Waals surface area contributed by atoms with Crippen LogP contribution in [0.1, 0.15) is 54.1 Å². The summed E-state index contributed by atoms with van der Waals surface area (Å²) >= 11 is 0. The Morgan fingerprint density at radius 3 is 2.62 bits per heavy atom. The lowest BCUT2D eigenvalue weighted by Crippen LogP contribution is -2.41. The molecule has 0 radical (unpaired) electrons. The lowest BCUT2D eigenvalue weighted by Gasteiger charge is -2.46. The summed E-state index contributed by atoms with van der Waals surface area (Å²) in [6.45, 7) is 2.26. The monoisotopic (exact) mass is 433 g/mol. The number of carbonyl (C=O) groups is 1. The van der Waals surface area contributed by atoms with Crippen molar-refractivity contribution in [2.45, 2.75) is 45.1 Å². The van der Waals surface area contributed by atoms with Crippen molar-refractivity contribution >= 4 is 17.2 Å². The Morgan fingerprint density at radius 1 is 1.12 bits per heavy atom. The van der Waals surface area contributed by atoms with E-state index in [1.165, 1.54) is 41.0 Å². The molecule has 32 heavy (non-hydrogen) atoms. The lowest BCUT2D eigenvalue weighted by atomic mass is 9.60. The van der Waals surface area contributed by atoms with Crippen molar-refractivity contribution in [2.24, 2.45) is 17.3 Å². The van der Waals surface area contributed by atoms with Crippen LogP contribution in [-0.4, -0.2) is 24.1 Å². The summed E-state index contributed by atoms with van der Waals surface area (Å²) < 4.78 is 11.4. The Morgan fingerprint density at radius 2 is 1.91 bits per heavy atom. The van der Waals surface area contributed by atoms with Gasteiger partial charge in [0.2, 0.25) is 0 Å². The Balaban J connectivity index is 1.36. The summed E-state index contributed by atoms with van der Waals surface area (Å²) in [6, 6.07) is 12.0. The fourth-order valence-electron chi connectivity index (χ4n) is 6.14. The fraction of sp³-hybridized carbons (Fsp3) is 0.423. The van der Waals surface area contributed by atoms with E-state index >= 15 is 0 Å². The van der Waals surface area contributed by atoms with E-state index in [-0.39, 0.29) is 17.2 Å². The molecule has 0 amide bonds. The molecule has 0 heterocycles. The van der Waals surface area contributed by atoms with E-state index in [1.807, 2.05) is 6.07 Å². The largest absolute Gasteiger partial charge is 0.497 e. The number of hydrogen-bond donors (Lipinski definition) is 0. The number of hydrogen-bond acceptors (Lipinski definition) is 5. The minimum Gasteiger partial charge on any atom is -0.497 e. The molecule has 0 spiro atoms. The van der Waals surface area contributed by atoms with Crippen molar-refractivity contribution in [1.29, 1.82) is 0 Å². The van der Waals surface area contributed by atoms with Crippen LogP contribution >= 0.6 is 0 Å². The maximum atomic E-state index is 12.8. The number of nitro groups is 1. The van der Waals surface area contributed by atoms with Crippen LogP contribution < -0.4 is 4.74 Å². The van der Waals surface area contributed by atoms with Crippen molar-refractivity contribution in [1.82, 2.24) is 0 Å². The first-order chi connectivity index (χ1) is 15.4. The number of carbonyl (C=O) groups excluding carboxylic acids is 1. The van der Waals surface area contributed by atoms with Gasteiger partial charge in [-0.05, 0) is 84.9 Å². The van der Waals surface area contributed by atoms with Crippen LogP contribution in [0.4, 0.5) is 5.69 Å². The number of benzene rings is 2. The molecule has 5 rings (SSSR count).